The number of nitrogens with two attached hydrogens (primary N) is 1. The number of aromatic nitrogens is 4. The van der Waals surface area contributed by atoms with Crippen molar-refractivity contribution in [2.45, 2.75) is 12.5 Å². The Bertz CT molecular complexity index is 839. The minimum Gasteiger partial charge on any atom is -0.380 e. The second kappa shape index (κ2) is 7.33. The van der Waals surface area contributed by atoms with Crippen LogP contribution in [0.1, 0.15) is 11.3 Å². The van der Waals surface area contributed by atoms with Crippen molar-refractivity contribution in [1.29, 1.82) is 0 Å². The summed E-state index contributed by atoms with van der Waals surface area (Å²) < 4.78 is 5.13. The predicted molar refractivity (Wildman–Crippen MR) is 93.2 cm³/mol. The first kappa shape index (κ1) is 16.3. The Kier molecular flexibility index (Phi) is 4.98. The maximum atomic E-state index is 5.87. The Hall–Kier alpha value is -2.57. The van der Waals surface area contributed by atoms with Crippen molar-refractivity contribution < 1.29 is 4.74 Å². The van der Waals surface area contributed by atoms with Crippen LogP contribution >= 0.6 is 11.6 Å². The van der Waals surface area contributed by atoms with Crippen molar-refractivity contribution in [1.82, 2.24) is 20.2 Å². The van der Waals surface area contributed by atoms with Crippen molar-refractivity contribution in [3.05, 3.63) is 53.9 Å². The van der Waals surface area contributed by atoms with Gasteiger partial charge >= 0.3 is 0 Å². The van der Waals surface area contributed by atoms with Crippen LogP contribution in [0.25, 0.3) is 22.5 Å². The molecule has 3 rings (SSSR count). The highest BCUT2D eigenvalue weighted by molar-refractivity contribution is 6.16. The number of alkyl halides is 1. The van der Waals surface area contributed by atoms with Crippen LogP contribution in [-0.4, -0.2) is 27.3 Å². The summed E-state index contributed by atoms with van der Waals surface area (Å²) in [5.74, 6) is 0.450. The molecule has 3 aromatic rings. The van der Waals surface area contributed by atoms with Crippen molar-refractivity contribution in [2.24, 2.45) is 0 Å². The molecule has 0 unspecified atom stereocenters. The number of benzene rings is 1. The maximum absolute atomic E-state index is 5.87. The zero-order valence-corrected chi connectivity index (χ0v) is 13.9. The SMILES string of the molecule is COCc1ccc(-c2nc(N)nnc2-c2ccnc(CCl)c2)cc1. The van der Waals surface area contributed by atoms with Gasteiger partial charge in [0, 0.05) is 24.4 Å². The number of halogens is 1. The number of hydrogen-bond donors (Lipinski definition) is 1. The lowest BCUT2D eigenvalue weighted by atomic mass is 10.0. The molecular formula is C17H16ClN5O. The summed E-state index contributed by atoms with van der Waals surface area (Å²) in [5.41, 5.74) is 10.6. The lowest BCUT2D eigenvalue weighted by Crippen LogP contribution is -2.03. The molecule has 122 valence electrons. The molecule has 2 heterocycles. The van der Waals surface area contributed by atoms with Gasteiger partial charge in [-0.25, -0.2) is 4.98 Å². The molecule has 2 N–H and O–H groups in total. The fourth-order valence-corrected chi connectivity index (χ4v) is 2.50. The average Bonchev–Trinajstić information content (AvgIpc) is 2.62. The Labute approximate surface area is 144 Å². The molecule has 0 spiro atoms. The van der Waals surface area contributed by atoms with Gasteiger partial charge in [-0.1, -0.05) is 24.3 Å². The molecule has 24 heavy (non-hydrogen) atoms. The normalized spacial score (nSPS) is 10.8. The highest BCUT2D eigenvalue weighted by Gasteiger charge is 2.13. The van der Waals surface area contributed by atoms with E-state index in [0.717, 1.165) is 22.4 Å². The summed E-state index contributed by atoms with van der Waals surface area (Å²) in [6, 6.07) is 11.6. The maximum Gasteiger partial charge on any atom is 0.240 e. The summed E-state index contributed by atoms with van der Waals surface area (Å²) >= 11 is 5.87. The highest BCUT2D eigenvalue weighted by atomic mass is 35.5. The summed E-state index contributed by atoms with van der Waals surface area (Å²) in [7, 11) is 1.67. The molecule has 0 aliphatic heterocycles. The van der Waals surface area contributed by atoms with E-state index < -0.39 is 0 Å². The second-order valence-electron chi connectivity index (χ2n) is 5.17. The van der Waals surface area contributed by atoms with E-state index in [-0.39, 0.29) is 5.95 Å². The number of hydrogen-bond acceptors (Lipinski definition) is 6. The first-order chi connectivity index (χ1) is 11.7. The number of nitrogen functional groups attached to an aromatic ring is 1. The van der Waals surface area contributed by atoms with Gasteiger partial charge in [0.2, 0.25) is 5.95 Å². The molecule has 0 atom stereocenters. The average molecular weight is 342 g/mol. The van der Waals surface area contributed by atoms with E-state index in [2.05, 4.69) is 20.2 Å². The third kappa shape index (κ3) is 3.50. The largest absolute Gasteiger partial charge is 0.380 e. The van der Waals surface area contributed by atoms with Gasteiger partial charge in [-0.2, -0.15) is 0 Å². The Morgan fingerprint density at radius 1 is 1.04 bits per heavy atom. The van der Waals surface area contributed by atoms with E-state index in [4.69, 9.17) is 22.1 Å². The van der Waals surface area contributed by atoms with Crippen LogP contribution in [-0.2, 0) is 17.2 Å². The fourth-order valence-electron chi connectivity index (χ4n) is 2.36. The molecule has 6 nitrogen and oxygen atoms in total. The van der Waals surface area contributed by atoms with E-state index in [0.29, 0.717) is 23.9 Å². The third-order valence-electron chi connectivity index (χ3n) is 3.47. The highest BCUT2D eigenvalue weighted by Crippen LogP contribution is 2.29. The van der Waals surface area contributed by atoms with Gasteiger partial charge in [-0.3, -0.25) is 4.98 Å². The number of rotatable bonds is 5. The fraction of sp³-hybridized carbons (Fsp3) is 0.176. The van der Waals surface area contributed by atoms with Gasteiger partial charge in [0.1, 0.15) is 11.4 Å². The van der Waals surface area contributed by atoms with E-state index in [1.165, 1.54) is 0 Å². The van der Waals surface area contributed by atoms with Crippen molar-refractivity contribution >= 4 is 17.5 Å². The Morgan fingerprint density at radius 3 is 2.54 bits per heavy atom. The van der Waals surface area contributed by atoms with Gasteiger partial charge < -0.3 is 10.5 Å². The summed E-state index contributed by atoms with van der Waals surface area (Å²) in [6.45, 7) is 0.556. The van der Waals surface area contributed by atoms with Crippen molar-refractivity contribution in [2.75, 3.05) is 12.8 Å². The second-order valence-corrected chi connectivity index (χ2v) is 5.43. The summed E-state index contributed by atoms with van der Waals surface area (Å²) in [6.07, 6.45) is 1.69. The molecule has 2 aromatic heterocycles. The van der Waals surface area contributed by atoms with Crippen LogP contribution in [0.3, 0.4) is 0 Å². The summed E-state index contributed by atoms with van der Waals surface area (Å²) in [5, 5.41) is 8.11. The van der Waals surface area contributed by atoms with Crippen LogP contribution in [0.4, 0.5) is 5.95 Å². The van der Waals surface area contributed by atoms with Gasteiger partial charge in [-0.15, -0.1) is 21.8 Å². The molecular weight excluding hydrogens is 326 g/mol. The Morgan fingerprint density at radius 2 is 1.83 bits per heavy atom. The molecule has 0 fully saturated rings. The molecule has 0 saturated carbocycles. The number of ether oxygens (including phenoxy) is 1. The lowest BCUT2D eigenvalue weighted by molar-refractivity contribution is 0.185. The van der Waals surface area contributed by atoms with Gasteiger partial charge in [0.15, 0.2) is 0 Å². The first-order valence-electron chi connectivity index (χ1n) is 7.31. The van der Waals surface area contributed by atoms with Crippen molar-refractivity contribution in [3.63, 3.8) is 0 Å². The zero-order valence-electron chi connectivity index (χ0n) is 13.1. The van der Waals surface area contributed by atoms with Gasteiger partial charge in [0.05, 0.1) is 18.2 Å². The molecule has 0 amide bonds. The monoisotopic (exact) mass is 341 g/mol. The minimum atomic E-state index is 0.126. The number of pyridine rings is 1. The smallest absolute Gasteiger partial charge is 0.240 e. The molecule has 0 radical (unpaired) electrons. The third-order valence-corrected chi connectivity index (χ3v) is 3.74. The zero-order chi connectivity index (χ0) is 16.9. The molecule has 0 aliphatic rings. The Balaban J connectivity index is 2.08. The standard InChI is InChI=1S/C17H16ClN5O/c1-24-10-11-2-4-12(5-3-11)15-16(22-23-17(19)21-15)13-6-7-20-14(8-13)9-18/h2-8H,9-10H2,1H3,(H2,19,21,23). The molecule has 7 heteroatoms. The van der Waals surface area contributed by atoms with Crippen LogP contribution in [0, 0.1) is 0 Å². The first-order valence-corrected chi connectivity index (χ1v) is 7.84. The minimum absolute atomic E-state index is 0.126. The van der Waals surface area contributed by atoms with Gasteiger partial charge in [0.25, 0.3) is 0 Å². The molecule has 0 saturated heterocycles. The number of methoxy groups -OCH3 is 1. The molecule has 1 aromatic carbocycles. The number of anilines is 1. The van der Waals surface area contributed by atoms with Crippen molar-refractivity contribution in [3.8, 4) is 22.5 Å². The van der Waals surface area contributed by atoms with Gasteiger partial charge in [-0.05, 0) is 17.7 Å². The van der Waals surface area contributed by atoms with E-state index in [9.17, 15) is 0 Å². The van der Waals surface area contributed by atoms with E-state index >= 15 is 0 Å². The van der Waals surface area contributed by atoms with Crippen LogP contribution in [0.15, 0.2) is 42.6 Å². The topological polar surface area (TPSA) is 86.8 Å². The van der Waals surface area contributed by atoms with Crippen LogP contribution in [0.2, 0.25) is 0 Å². The molecule has 0 bridgehead atoms. The van der Waals surface area contributed by atoms with E-state index in [1.54, 1.807) is 13.3 Å². The van der Waals surface area contributed by atoms with Crippen LogP contribution < -0.4 is 5.73 Å². The quantitative estimate of drug-likeness (QED) is 0.718. The lowest BCUT2D eigenvalue weighted by Gasteiger charge is -2.09. The molecule has 0 aliphatic carbocycles. The van der Waals surface area contributed by atoms with E-state index in [1.807, 2.05) is 36.4 Å². The number of nitrogens with zero attached hydrogens (tertiary/aromatic N) is 4. The van der Waals surface area contributed by atoms with Crippen LogP contribution in [0.5, 0.6) is 0 Å². The predicted octanol–water partition coefficient (Wildman–Crippen LogP) is 3.07. The summed E-state index contributed by atoms with van der Waals surface area (Å²) in [4.78, 5) is 8.57.